The molecule has 1 N–H and O–H groups in total. The minimum atomic E-state index is -0.911. The number of carboxylic acid groups (broad SMARTS) is 1. The third-order valence-electron chi connectivity index (χ3n) is 6.06. The molecule has 3 aromatic carbocycles. The number of hydrogen-bond acceptors (Lipinski definition) is 2. The Balaban J connectivity index is 1.65. The summed E-state index contributed by atoms with van der Waals surface area (Å²) in [6.45, 7) is 4.57. The molecule has 0 fully saturated rings. The second kappa shape index (κ2) is 6.74. The zero-order valence-corrected chi connectivity index (χ0v) is 17.0. The molecule has 1 heterocycles. The van der Waals surface area contributed by atoms with Crippen molar-refractivity contribution in [3.05, 3.63) is 102 Å². The summed E-state index contributed by atoms with van der Waals surface area (Å²) in [7, 11) is 0. The highest BCUT2D eigenvalue weighted by atomic mass is 16.4. The first kappa shape index (κ1) is 18.4. The van der Waals surface area contributed by atoms with Crippen LogP contribution >= 0.6 is 0 Å². The maximum atomic E-state index is 11.1. The minimum Gasteiger partial charge on any atom is -0.478 e. The van der Waals surface area contributed by atoms with Crippen LogP contribution in [-0.2, 0) is 5.41 Å². The van der Waals surface area contributed by atoms with Gasteiger partial charge >= 0.3 is 5.97 Å². The van der Waals surface area contributed by atoms with Crippen LogP contribution in [0.15, 0.2) is 83.5 Å². The summed E-state index contributed by atoms with van der Waals surface area (Å²) in [5.41, 5.74) is 6.12. The van der Waals surface area contributed by atoms with Crippen LogP contribution in [0.1, 0.15) is 47.5 Å². The first-order valence-electron chi connectivity index (χ1n) is 10.1. The smallest absolute Gasteiger partial charge is 0.335 e. The SMILES string of the molecule is CC1(C)CC=C(c2ccco2)c2cc3cc(-c4ccc(C(=O)O)cc4)ccc3cc21. The summed E-state index contributed by atoms with van der Waals surface area (Å²) >= 11 is 0. The Morgan fingerprint density at radius 3 is 2.40 bits per heavy atom. The predicted octanol–water partition coefficient (Wildman–Crippen LogP) is 6.91. The summed E-state index contributed by atoms with van der Waals surface area (Å²) in [4.78, 5) is 11.1. The molecule has 0 amide bonds. The van der Waals surface area contributed by atoms with Crippen LogP contribution in [-0.4, -0.2) is 11.1 Å². The number of carbonyl (C=O) groups is 1. The largest absolute Gasteiger partial charge is 0.478 e. The zero-order chi connectivity index (χ0) is 20.9. The van der Waals surface area contributed by atoms with E-state index in [1.54, 1.807) is 18.4 Å². The third-order valence-corrected chi connectivity index (χ3v) is 6.06. The number of allylic oxidation sites excluding steroid dienone is 1. The lowest BCUT2D eigenvalue weighted by Crippen LogP contribution is -2.21. The monoisotopic (exact) mass is 394 g/mol. The van der Waals surface area contributed by atoms with E-state index < -0.39 is 5.97 Å². The molecule has 0 saturated heterocycles. The summed E-state index contributed by atoms with van der Waals surface area (Å²) in [6, 6.07) is 21.9. The van der Waals surface area contributed by atoms with Gasteiger partial charge in [0, 0.05) is 5.57 Å². The van der Waals surface area contributed by atoms with Gasteiger partial charge in [-0.3, -0.25) is 0 Å². The summed E-state index contributed by atoms with van der Waals surface area (Å²) in [5.74, 6) is -0.0157. The molecule has 0 atom stereocenters. The van der Waals surface area contributed by atoms with E-state index in [0.29, 0.717) is 5.56 Å². The van der Waals surface area contributed by atoms with Gasteiger partial charge in [-0.25, -0.2) is 4.79 Å². The van der Waals surface area contributed by atoms with Crippen LogP contribution in [0.25, 0.3) is 27.5 Å². The molecule has 148 valence electrons. The predicted molar refractivity (Wildman–Crippen MR) is 120 cm³/mol. The van der Waals surface area contributed by atoms with Crippen molar-refractivity contribution in [3.8, 4) is 11.1 Å². The number of carboxylic acids is 1. The molecule has 5 rings (SSSR count). The van der Waals surface area contributed by atoms with Gasteiger partial charge in [0.25, 0.3) is 0 Å². The average molecular weight is 394 g/mol. The highest BCUT2D eigenvalue weighted by molar-refractivity contribution is 5.94. The lowest BCUT2D eigenvalue weighted by atomic mass is 9.72. The fourth-order valence-corrected chi connectivity index (χ4v) is 4.31. The van der Waals surface area contributed by atoms with Crippen molar-refractivity contribution >= 4 is 22.3 Å². The fourth-order valence-electron chi connectivity index (χ4n) is 4.31. The van der Waals surface area contributed by atoms with Gasteiger partial charge in [-0.2, -0.15) is 0 Å². The molecule has 30 heavy (non-hydrogen) atoms. The first-order valence-corrected chi connectivity index (χ1v) is 10.1. The molecular formula is C27H22O3. The Kier molecular flexibility index (Phi) is 4.14. The van der Waals surface area contributed by atoms with Crippen molar-refractivity contribution < 1.29 is 14.3 Å². The van der Waals surface area contributed by atoms with Crippen molar-refractivity contribution in [2.24, 2.45) is 0 Å². The van der Waals surface area contributed by atoms with E-state index in [1.807, 2.05) is 24.3 Å². The maximum absolute atomic E-state index is 11.1. The van der Waals surface area contributed by atoms with Gasteiger partial charge in [0.15, 0.2) is 0 Å². The molecule has 4 aromatic rings. The van der Waals surface area contributed by atoms with E-state index in [4.69, 9.17) is 9.52 Å². The zero-order valence-electron chi connectivity index (χ0n) is 17.0. The molecule has 0 saturated carbocycles. The van der Waals surface area contributed by atoms with Gasteiger partial charge in [-0.15, -0.1) is 0 Å². The Bertz CT molecular complexity index is 1290. The van der Waals surface area contributed by atoms with E-state index in [-0.39, 0.29) is 5.41 Å². The van der Waals surface area contributed by atoms with Crippen molar-refractivity contribution in [1.82, 2.24) is 0 Å². The molecule has 0 radical (unpaired) electrons. The summed E-state index contributed by atoms with van der Waals surface area (Å²) in [6.07, 6.45) is 4.96. The van der Waals surface area contributed by atoms with Gasteiger partial charge in [-0.1, -0.05) is 44.2 Å². The average Bonchev–Trinajstić information content (AvgIpc) is 3.27. The van der Waals surface area contributed by atoms with Crippen molar-refractivity contribution in [2.75, 3.05) is 0 Å². The van der Waals surface area contributed by atoms with Crippen LogP contribution in [0.3, 0.4) is 0 Å². The Morgan fingerprint density at radius 1 is 0.933 bits per heavy atom. The van der Waals surface area contributed by atoms with Gasteiger partial charge in [0.05, 0.1) is 11.8 Å². The fraction of sp³-hybridized carbons (Fsp3) is 0.148. The Hall–Kier alpha value is -3.59. The normalized spacial score (nSPS) is 14.9. The molecule has 1 aliphatic rings. The van der Waals surface area contributed by atoms with Crippen molar-refractivity contribution in [3.63, 3.8) is 0 Å². The second-order valence-corrected chi connectivity index (χ2v) is 8.53. The quantitative estimate of drug-likeness (QED) is 0.411. The maximum Gasteiger partial charge on any atom is 0.335 e. The van der Waals surface area contributed by atoms with E-state index >= 15 is 0 Å². The van der Waals surface area contributed by atoms with Crippen LogP contribution in [0.5, 0.6) is 0 Å². The molecule has 1 aliphatic carbocycles. The third kappa shape index (κ3) is 3.03. The lowest BCUT2D eigenvalue weighted by Gasteiger charge is -2.32. The summed E-state index contributed by atoms with van der Waals surface area (Å²) in [5, 5.41) is 11.5. The first-order chi connectivity index (χ1) is 14.4. The van der Waals surface area contributed by atoms with Gasteiger partial charge in [0.1, 0.15) is 5.76 Å². The topological polar surface area (TPSA) is 50.4 Å². The second-order valence-electron chi connectivity index (χ2n) is 8.53. The number of aromatic carboxylic acids is 1. The van der Waals surface area contributed by atoms with Crippen molar-refractivity contribution in [1.29, 1.82) is 0 Å². The molecule has 1 aromatic heterocycles. The Morgan fingerprint density at radius 2 is 1.70 bits per heavy atom. The molecular weight excluding hydrogens is 372 g/mol. The number of fused-ring (bicyclic) bond motifs is 2. The van der Waals surface area contributed by atoms with Gasteiger partial charge in [-0.05, 0) is 87.3 Å². The molecule has 0 unspecified atom stereocenters. The number of hydrogen-bond donors (Lipinski definition) is 1. The number of rotatable bonds is 3. The van der Waals surface area contributed by atoms with Crippen LogP contribution in [0.2, 0.25) is 0 Å². The highest BCUT2D eigenvalue weighted by Gasteiger charge is 2.29. The molecule has 0 aliphatic heterocycles. The van der Waals surface area contributed by atoms with E-state index in [2.05, 4.69) is 50.3 Å². The molecule has 3 nitrogen and oxygen atoms in total. The van der Waals surface area contributed by atoms with Crippen LogP contribution in [0.4, 0.5) is 0 Å². The summed E-state index contributed by atoms with van der Waals surface area (Å²) < 4.78 is 5.72. The number of benzene rings is 3. The van der Waals surface area contributed by atoms with Crippen LogP contribution in [0, 0.1) is 0 Å². The van der Waals surface area contributed by atoms with Gasteiger partial charge in [0.2, 0.25) is 0 Å². The van der Waals surface area contributed by atoms with Crippen molar-refractivity contribution in [2.45, 2.75) is 25.7 Å². The van der Waals surface area contributed by atoms with Crippen LogP contribution < -0.4 is 0 Å². The standard InChI is InChI=1S/C27H22O3/c1-27(2)12-11-22(25-4-3-13-30-25)23-15-21-14-19(9-10-20(21)16-24(23)27)17-5-7-18(8-6-17)26(28)29/h3-11,13-16H,12H2,1-2H3,(H,28,29). The molecule has 0 spiro atoms. The lowest BCUT2D eigenvalue weighted by molar-refractivity contribution is 0.0697. The highest BCUT2D eigenvalue weighted by Crippen LogP contribution is 2.43. The molecule has 0 bridgehead atoms. The van der Waals surface area contributed by atoms with E-state index in [1.165, 1.54) is 16.5 Å². The minimum absolute atomic E-state index is 0.0605. The van der Waals surface area contributed by atoms with E-state index in [9.17, 15) is 4.79 Å². The molecule has 3 heteroatoms. The van der Waals surface area contributed by atoms with Gasteiger partial charge < -0.3 is 9.52 Å². The number of furan rings is 1. The van der Waals surface area contributed by atoms with E-state index in [0.717, 1.165) is 34.3 Å². The Labute approximate surface area is 175 Å².